The van der Waals surface area contributed by atoms with Crippen molar-refractivity contribution < 1.29 is 32.5 Å². The van der Waals surface area contributed by atoms with E-state index in [-0.39, 0.29) is 19.8 Å². The third-order valence-electron chi connectivity index (χ3n) is 6.65. The molecule has 0 bridgehead atoms. The molecule has 0 amide bonds. The van der Waals surface area contributed by atoms with E-state index in [0.717, 1.165) is 18.4 Å². The Hall–Kier alpha value is -0.790. The average molecular weight is 572 g/mol. The summed E-state index contributed by atoms with van der Waals surface area (Å²) in [6.07, 6.45) is 17.6. The first kappa shape index (κ1) is 36.2. The van der Waals surface area contributed by atoms with Gasteiger partial charge in [-0.05, 0) is 12.0 Å². The van der Waals surface area contributed by atoms with Crippen molar-refractivity contribution in [1.82, 2.24) is 0 Å². The summed E-state index contributed by atoms with van der Waals surface area (Å²) < 4.78 is 34.9. The van der Waals surface area contributed by atoms with Gasteiger partial charge < -0.3 is 27.9 Å². The third-order valence-corrected chi connectivity index (χ3v) is 7.71. The van der Waals surface area contributed by atoms with Crippen LogP contribution >= 0.6 is 7.82 Å². The number of phosphoric ester groups is 1. The zero-order valence-electron chi connectivity index (χ0n) is 25.5. The number of nitrogens with zero attached hydrogens (tertiary/aromatic N) is 1. The molecule has 8 heteroatoms. The molecule has 0 radical (unpaired) electrons. The van der Waals surface area contributed by atoms with Crippen LogP contribution in [-0.2, 0) is 29.7 Å². The van der Waals surface area contributed by atoms with Gasteiger partial charge in [0.25, 0.3) is 7.82 Å². The number of unbranched alkanes of at least 4 members (excludes halogenated alkanes) is 13. The number of quaternary nitrogens is 1. The summed E-state index contributed by atoms with van der Waals surface area (Å²) in [5, 5.41) is 0. The molecule has 0 heterocycles. The van der Waals surface area contributed by atoms with Crippen LogP contribution in [0.5, 0.6) is 0 Å². The van der Waals surface area contributed by atoms with Gasteiger partial charge in [-0.3, -0.25) is 4.57 Å². The molecule has 0 aliphatic heterocycles. The Bertz CT molecular complexity index is 728. The quantitative estimate of drug-likeness (QED) is 0.0628. The maximum absolute atomic E-state index is 12.4. The molecule has 0 aliphatic rings. The number of hydrogen-bond donors (Lipinski definition) is 0. The maximum Gasteiger partial charge on any atom is 0.268 e. The highest BCUT2D eigenvalue weighted by molar-refractivity contribution is 7.45. The molecular formula is C31H58NO6P. The molecule has 0 fully saturated rings. The summed E-state index contributed by atoms with van der Waals surface area (Å²) in [6, 6.07) is 9.77. The molecule has 1 aromatic carbocycles. The number of phosphoric acid groups is 1. The Morgan fingerprint density at radius 2 is 1.26 bits per heavy atom. The van der Waals surface area contributed by atoms with Crippen LogP contribution in [0.15, 0.2) is 30.3 Å². The molecule has 0 N–H and O–H groups in total. The van der Waals surface area contributed by atoms with Crippen molar-refractivity contribution in [1.29, 1.82) is 0 Å². The second kappa shape index (κ2) is 22.8. The second-order valence-corrected chi connectivity index (χ2v) is 13.1. The average Bonchev–Trinajstić information content (AvgIpc) is 2.87. The normalized spacial score (nSPS) is 14.4. The highest BCUT2D eigenvalue weighted by Crippen LogP contribution is 2.40. The van der Waals surface area contributed by atoms with Crippen molar-refractivity contribution in [2.45, 2.75) is 110 Å². The van der Waals surface area contributed by atoms with Gasteiger partial charge in [0.15, 0.2) is 0 Å². The van der Waals surface area contributed by atoms with Gasteiger partial charge in [0.2, 0.25) is 0 Å². The molecule has 2 atom stereocenters. The molecule has 0 spiro atoms. The molecule has 0 aliphatic carbocycles. The molecule has 1 aromatic rings. The van der Waals surface area contributed by atoms with Gasteiger partial charge in [-0.1, -0.05) is 121 Å². The highest BCUT2D eigenvalue weighted by Gasteiger charge is 2.20. The molecule has 0 saturated carbocycles. The first-order valence-electron chi connectivity index (χ1n) is 15.4. The standard InChI is InChI=1S/C31H58NO6P/c1-5-6-7-8-9-10-11-12-13-14-15-16-17-21-25-35-28-31(29-36-27-30-22-19-18-20-23-30)38-39(33,34)37-26-24-32(2,3)4/h18-20,22-23,31H,5-17,21,24-29H2,1-4H3/t31-/m1/s1. The van der Waals surface area contributed by atoms with E-state index in [1.807, 2.05) is 51.5 Å². The van der Waals surface area contributed by atoms with Crippen LogP contribution in [0.3, 0.4) is 0 Å². The van der Waals surface area contributed by atoms with Crippen LogP contribution in [-0.4, -0.2) is 64.7 Å². The van der Waals surface area contributed by atoms with Crippen LogP contribution in [0, 0.1) is 0 Å². The molecule has 0 saturated heterocycles. The topological polar surface area (TPSA) is 77.1 Å². The molecule has 0 aromatic heterocycles. The predicted molar refractivity (Wildman–Crippen MR) is 159 cm³/mol. The summed E-state index contributed by atoms with van der Waals surface area (Å²) in [5.74, 6) is 0. The number of hydrogen-bond acceptors (Lipinski definition) is 6. The fourth-order valence-corrected chi connectivity index (χ4v) is 5.10. The number of benzene rings is 1. The molecule has 39 heavy (non-hydrogen) atoms. The van der Waals surface area contributed by atoms with E-state index in [1.165, 1.54) is 77.0 Å². The molecule has 228 valence electrons. The van der Waals surface area contributed by atoms with Gasteiger partial charge in [0, 0.05) is 6.61 Å². The minimum absolute atomic E-state index is 0.0712. The van der Waals surface area contributed by atoms with E-state index in [2.05, 4.69) is 6.92 Å². The van der Waals surface area contributed by atoms with Crippen LogP contribution in [0.4, 0.5) is 0 Å². The monoisotopic (exact) mass is 571 g/mol. The van der Waals surface area contributed by atoms with Crippen molar-refractivity contribution in [3.8, 4) is 0 Å². The Kier molecular flexibility index (Phi) is 21.2. The van der Waals surface area contributed by atoms with E-state index < -0.39 is 13.9 Å². The lowest BCUT2D eigenvalue weighted by atomic mass is 10.0. The van der Waals surface area contributed by atoms with Crippen LogP contribution < -0.4 is 4.89 Å². The zero-order chi connectivity index (χ0) is 28.7. The lowest BCUT2D eigenvalue weighted by Crippen LogP contribution is -2.38. The lowest BCUT2D eigenvalue weighted by Gasteiger charge is -2.30. The van der Waals surface area contributed by atoms with Gasteiger partial charge in [-0.2, -0.15) is 0 Å². The number of likely N-dealkylation sites (N-methyl/N-ethyl adjacent to an activating group) is 1. The largest absolute Gasteiger partial charge is 0.756 e. The molecule has 1 rings (SSSR count). The van der Waals surface area contributed by atoms with Crippen molar-refractivity contribution in [2.24, 2.45) is 0 Å². The zero-order valence-corrected chi connectivity index (χ0v) is 26.3. The Morgan fingerprint density at radius 3 is 1.79 bits per heavy atom. The van der Waals surface area contributed by atoms with Crippen LogP contribution in [0.2, 0.25) is 0 Å². The smallest absolute Gasteiger partial charge is 0.268 e. The lowest BCUT2D eigenvalue weighted by molar-refractivity contribution is -0.870. The fourth-order valence-electron chi connectivity index (χ4n) is 4.24. The first-order valence-corrected chi connectivity index (χ1v) is 16.8. The molecule has 7 nitrogen and oxygen atoms in total. The summed E-state index contributed by atoms with van der Waals surface area (Å²) in [6.45, 7) is 4.12. The highest BCUT2D eigenvalue weighted by atomic mass is 31.2. The van der Waals surface area contributed by atoms with Gasteiger partial charge >= 0.3 is 0 Å². The Labute approximate surface area is 239 Å². The SMILES string of the molecule is CCCCCCCCCCCCCCCCOC[C@H](COCc1ccccc1)OP(=O)([O-])OCC[N+](C)(C)C. The molecular weight excluding hydrogens is 513 g/mol. The first-order chi connectivity index (χ1) is 18.7. The third kappa shape index (κ3) is 23.6. The number of rotatable bonds is 27. The van der Waals surface area contributed by atoms with E-state index in [9.17, 15) is 9.46 Å². The van der Waals surface area contributed by atoms with Crippen molar-refractivity contribution in [3.05, 3.63) is 35.9 Å². The summed E-state index contributed by atoms with van der Waals surface area (Å²) in [7, 11) is 1.47. The van der Waals surface area contributed by atoms with E-state index in [0.29, 0.717) is 24.2 Å². The van der Waals surface area contributed by atoms with Gasteiger partial charge in [0.05, 0.1) is 41.0 Å². The van der Waals surface area contributed by atoms with Crippen LogP contribution in [0.1, 0.15) is 102 Å². The van der Waals surface area contributed by atoms with Gasteiger partial charge in [0.1, 0.15) is 19.3 Å². The van der Waals surface area contributed by atoms with Gasteiger partial charge in [-0.15, -0.1) is 0 Å². The van der Waals surface area contributed by atoms with Crippen molar-refractivity contribution in [3.63, 3.8) is 0 Å². The summed E-state index contributed by atoms with van der Waals surface area (Å²) in [4.78, 5) is 12.4. The van der Waals surface area contributed by atoms with Crippen molar-refractivity contribution >= 4 is 7.82 Å². The van der Waals surface area contributed by atoms with E-state index >= 15 is 0 Å². The van der Waals surface area contributed by atoms with E-state index in [4.69, 9.17) is 18.5 Å². The minimum atomic E-state index is -4.46. The second-order valence-electron chi connectivity index (χ2n) is 11.7. The van der Waals surface area contributed by atoms with Crippen LogP contribution in [0.25, 0.3) is 0 Å². The predicted octanol–water partition coefficient (Wildman–Crippen LogP) is 7.28. The Balaban J connectivity index is 2.20. The van der Waals surface area contributed by atoms with E-state index in [1.54, 1.807) is 0 Å². The Morgan fingerprint density at radius 1 is 0.744 bits per heavy atom. The minimum Gasteiger partial charge on any atom is -0.756 e. The number of ether oxygens (including phenoxy) is 2. The van der Waals surface area contributed by atoms with Crippen molar-refractivity contribution in [2.75, 3.05) is 54.1 Å². The summed E-state index contributed by atoms with van der Waals surface area (Å²) >= 11 is 0. The summed E-state index contributed by atoms with van der Waals surface area (Å²) in [5.41, 5.74) is 1.02. The van der Waals surface area contributed by atoms with Gasteiger partial charge in [-0.25, -0.2) is 0 Å². The fraction of sp³-hybridized carbons (Fsp3) is 0.806. The maximum atomic E-state index is 12.4. The molecule has 1 unspecified atom stereocenters.